The quantitative estimate of drug-likeness (QED) is 0.766. The van der Waals surface area contributed by atoms with Crippen LogP contribution in [-0.2, 0) is 12.5 Å². The summed E-state index contributed by atoms with van der Waals surface area (Å²) in [4.78, 5) is 0. The molecular formula is C15H14ClFO2. The number of hydrogen-bond donors (Lipinski definition) is 0. The zero-order chi connectivity index (χ0) is 13.7. The summed E-state index contributed by atoms with van der Waals surface area (Å²) in [7, 11) is 1.58. The third-order valence-electron chi connectivity index (χ3n) is 2.72. The van der Waals surface area contributed by atoms with E-state index in [1.165, 1.54) is 12.1 Å². The van der Waals surface area contributed by atoms with Crippen LogP contribution in [0.2, 0.25) is 0 Å². The van der Waals surface area contributed by atoms with Gasteiger partial charge in [-0.25, -0.2) is 4.39 Å². The van der Waals surface area contributed by atoms with Gasteiger partial charge in [-0.3, -0.25) is 0 Å². The lowest BCUT2D eigenvalue weighted by Crippen LogP contribution is -2.00. The lowest BCUT2D eigenvalue weighted by atomic mass is 10.2. The average molecular weight is 281 g/mol. The highest BCUT2D eigenvalue weighted by Gasteiger charge is 2.10. The minimum Gasteiger partial charge on any atom is -0.493 e. The molecule has 100 valence electrons. The SMILES string of the molecule is COc1cccc(CCl)c1OCc1ccc(F)cc1. The molecule has 0 aromatic heterocycles. The fourth-order valence-electron chi connectivity index (χ4n) is 1.73. The summed E-state index contributed by atoms with van der Waals surface area (Å²) in [6.07, 6.45) is 0. The van der Waals surface area contributed by atoms with Gasteiger partial charge in [-0.15, -0.1) is 11.6 Å². The van der Waals surface area contributed by atoms with E-state index >= 15 is 0 Å². The largest absolute Gasteiger partial charge is 0.493 e. The summed E-state index contributed by atoms with van der Waals surface area (Å²) in [5.41, 5.74) is 1.75. The zero-order valence-electron chi connectivity index (χ0n) is 10.5. The van der Waals surface area contributed by atoms with Gasteiger partial charge in [0.2, 0.25) is 0 Å². The molecule has 4 heteroatoms. The topological polar surface area (TPSA) is 18.5 Å². The van der Waals surface area contributed by atoms with Crippen LogP contribution >= 0.6 is 11.6 Å². The number of benzene rings is 2. The summed E-state index contributed by atoms with van der Waals surface area (Å²) in [5, 5.41) is 0. The molecule has 0 aliphatic carbocycles. The molecule has 0 fully saturated rings. The van der Waals surface area contributed by atoms with Gasteiger partial charge in [-0.05, 0) is 23.8 Å². The van der Waals surface area contributed by atoms with Gasteiger partial charge in [-0.2, -0.15) is 0 Å². The maximum Gasteiger partial charge on any atom is 0.166 e. The highest BCUT2D eigenvalue weighted by atomic mass is 35.5. The van der Waals surface area contributed by atoms with Crippen molar-refractivity contribution >= 4 is 11.6 Å². The number of halogens is 2. The van der Waals surface area contributed by atoms with Gasteiger partial charge >= 0.3 is 0 Å². The second-order valence-corrected chi connectivity index (χ2v) is 4.26. The molecule has 0 amide bonds. The van der Waals surface area contributed by atoms with E-state index in [1.807, 2.05) is 18.2 Å². The molecule has 0 aliphatic rings. The molecule has 0 heterocycles. The van der Waals surface area contributed by atoms with Crippen LogP contribution < -0.4 is 9.47 Å². The Morgan fingerprint density at radius 3 is 2.47 bits per heavy atom. The third kappa shape index (κ3) is 3.38. The number of para-hydroxylation sites is 1. The standard InChI is InChI=1S/C15H14ClFO2/c1-18-14-4-2-3-12(9-16)15(14)19-10-11-5-7-13(17)8-6-11/h2-8H,9-10H2,1H3. The second kappa shape index (κ2) is 6.43. The monoisotopic (exact) mass is 280 g/mol. The number of methoxy groups -OCH3 is 1. The molecule has 0 bridgehead atoms. The first-order valence-electron chi connectivity index (χ1n) is 5.83. The average Bonchev–Trinajstić information content (AvgIpc) is 2.46. The van der Waals surface area contributed by atoms with Crippen molar-refractivity contribution in [2.75, 3.05) is 7.11 Å². The Morgan fingerprint density at radius 1 is 1.11 bits per heavy atom. The van der Waals surface area contributed by atoms with Crippen LogP contribution in [0.3, 0.4) is 0 Å². The van der Waals surface area contributed by atoms with E-state index < -0.39 is 0 Å². The number of alkyl halides is 1. The third-order valence-corrected chi connectivity index (χ3v) is 3.01. The van der Waals surface area contributed by atoms with E-state index in [9.17, 15) is 4.39 Å². The van der Waals surface area contributed by atoms with Gasteiger partial charge in [0, 0.05) is 5.56 Å². The Bertz CT molecular complexity index is 518. The molecule has 2 aromatic carbocycles. The van der Waals surface area contributed by atoms with Crippen molar-refractivity contribution in [2.45, 2.75) is 12.5 Å². The van der Waals surface area contributed by atoms with Gasteiger partial charge in [0.15, 0.2) is 11.5 Å². The fraction of sp³-hybridized carbons (Fsp3) is 0.200. The Kier molecular flexibility index (Phi) is 4.63. The summed E-state index contributed by atoms with van der Waals surface area (Å²) < 4.78 is 23.8. The number of rotatable bonds is 5. The van der Waals surface area contributed by atoms with E-state index in [2.05, 4.69) is 0 Å². The van der Waals surface area contributed by atoms with Crippen LogP contribution in [0.5, 0.6) is 11.5 Å². The van der Waals surface area contributed by atoms with Crippen LogP contribution in [0.4, 0.5) is 4.39 Å². The maximum atomic E-state index is 12.8. The molecule has 0 saturated heterocycles. The molecule has 0 unspecified atom stereocenters. The molecule has 0 aliphatic heterocycles. The van der Waals surface area contributed by atoms with Crippen molar-refractivity contribution in [1.29, 1.82) is 0 Å². The van der Waals surface area contributed by atoms with Crippen LogP contribution in [0.25, 0.3) is 0 Å². The molecule has 0 saturated carbocycles. The Hall–Kier alpha value is -1.74. The van der Waals surface area contributed by atoms with Crippen molar-refractivity contribution in [2.24, 2.45) is 0 Å². The van der Waals surface area contributed by atoms with Crippen LogP contribution in [0, 0.1) is 5.82 Å². The molecule has 0 N–H and O–H groups in total. The molecule has 0 radical (unpaired) electrons. The van der Waals surface area contributed by atoms with Gasteiger partial charge in [-0.1, -0.05) is 24.3 Å². The van der Waals surface area contributed by atoms with Crippen molar-refractivity contribution in [3.8, 4) is 11.5 Å². The normalized spacial score (nSPS) is 10.3. The predicted molar refractivity (Wildman–Crippen MR) is 73.3 cm³/mol. The number of ether oxygens (including phenoxy) is 2. The van der Waals surface area contributed by atoms with Crippen molar-refractivity contribution in [3.05, 3.63) is 59.4 Å². The van der Waals surface area contributed by atoms with Crippen molar-refractivity contribution < 1.29 is 13.9 Å². The van der Waals surface area contributed by atoms with E-state index in [1.54, 1.807) is 19.2 Å². The summed E-state index contributed by atoms with van der Waals surface area (Å²) in [6.45, 7) is 0.338. The van der Waals surface area contributed by atoms with Crippen LogP contribution in [-0.4, -0.2) is 7.11 Å². The predicted octanol–water partition coefficient (Wildman–Crippen LogP) is 4.15. The van der Waals surface area contributed by atoms with Gasteiger partial charge in [0.05, 0.1) is 13.0 Å². The van der Waals surface area contributed by atoms with Gasteiger partial charge < -0.3 is 9.47 Å². The Balaban J connectivity index is 2.16. The highest BCUT2D eigenvalue weighted by Crippen LogP contribution is 2.32. The van der Waals surface area contributed by atoms with E-state index in [4.69, 9.17) is 21.1 Å². The first-order chi connectivity index (χ1) is 9.24. The second-order valence-electron chi connectivity index (χ2n) is 4.00. The Morgan fingerprint density at radius 2 is 1.84 bits per heavy atom. The molecule has 19 heavy (non-hydrogen) atoms. The van der Waals surface area contributed by atoms with E-state index in [-0.39, 0.29) is 5.82 Å². The van der Waals surface area contributed by atoms with Gasteiger partial charge in [0.1, 0.15) is 12.4 Å². The molecule has 2 rings (SSSR count). The lowest BCUT2D eigenvalue weighted by Gasteiger charge is -2.13. The van der Waals surface area contributed by atoms with Crippen LogP contribution in [0.15, 0.2) is 42.5 Å². The molecule has 0 spiro atoms. The van der Waals surface area contributed by atoms with Crippen molar-refractivity contribution in [3.63, 3.8) is 0 Å². The summed E-state index contributed by atoms with van der Waals surface area (Å²) in [5.74, 6) is 1.35. The lowest BCUT2D eigenvalue weighted by molar-refractivity contribution is 0.282. The zero-order valence-corrected chi connectivity index (χ0v) is 11.3. The first kappa shape index (κ1) is 13.7. The molecule has 2 nitrogen and oxygen atoms in total. The molecular weight excluding hydrogens is 267 g/mol. The number of hydrogen-bond acceptors (Lipinski definition) is 2. The summed E-state index contributed by atoms with van der Waals surface area (Å²) in [6, 6.07) is 11.7. The summed E-state index contributed by atoms with van der Waals surface area (Å²) >= 11 is 5.88. The highest BCUT2D eigenvalue weighted by molar-refractivity contribution is 6.17. The smallest absolute Gasteiger partial charge is 0.166 e. The molecule has 2 aromatic rings. The van der Waals surface area contributed by atoms with E-state index in [0.29, 0.717) is 24.0 Å². The molecule has 0 atom stereocenters. The van der Waals surface area contributed by atoms with Crippen LogP contribution in [0.1, 0.15) is 11.1 Å². The fourth-order valence-corrected chi connectivity index (χ4v) is 1.94. The van der Waals surface area contributed by atoms with Gasteiger partial charge in [0.25, 0.3) is 0 Å². The first-order valence-corrected chi connectivity index (χ1v) is 6.37. The van der Waals surface area contributed by atoms with E-state index in [0.717, 1.165) is 11.1 Å². The minimum atomic E-state index is -0.262. The Labute approximate surface area is 116 Å². The minimum absolute atomic E-state index is 0.262. The maximum absolute atomic E-state index is 12.8. The van der Waals surface area contributed by atoms with Crippen molar-refractivity contribution in [1.82, 2.24) is 0 Å².